The smallest absolute Gasteiger partial charge is 0.203 e. The van der Waals surface area contributed by atoms with E-state index < -0.39 is 0 Å². The highest BCUT2D eigenvalue weighted by molar-refractivity contribution is 5.55. The molecule has 0 radical (unpaired) electrons. The van der Waals surface area contributed by atoms with Crippen LogP contribution in [0.3, 0.4) is 0 Å². The van der Waals surface area contributed by atoms with Gasteiger partial charge in [0, 0.05) is 18.2 Å². The molecule has 3 rings (SSSR count). The van der Waals surface area contributed by atoms with Gasteiger partial charge in [-0.3, -0.25) is 4.90 Å². The summed E-state index contributed by atoms with van der Waals surface area (Å²) >= 11 is 0. The Morgan fingerprint density at radius 3 is 2.60 bits per heavy atom. The maximum atomic E-state index is 5.62. The van der Waals surface area contributed by atoms with Crippen molar-refractivity contribution in [3.05, 3.63) is 35.2 Å². The highest BCUT2D eigenvalue weighted by Crippen LogP contribution is 2.42. The third-order valence-electron chi connectivity index (χ3n) is 4.79. The number of hydrogen-bond donors (Lipinski definition) is 0. The van der Waals surface area contributed by atoms with Gasteiger partial charge < -0.3 is 18.7 Å². The van der Waals surface area contributed by atoms with E-state index in [9.17, 15) is 0 Å². The van der Waals surface area contributed by atoms with Gasteiger partial charge in [0.15, 0.2) is 17.3 Å². The molecule has 1 aromatic carbocycles. The first-order chi connectivity index (χ1) is 12.2. The van der Waals surface area contributed by atoms with Gasteiger partial charge in [0.25, 0.3) is 0 Å². The molecule has 0 amide bonds. The molecular formula is C19H26N2O4. The third-order valence-corrected chi connectivity index (χ3v) is 4.79. The Hall–Kier alpha value is -2.21. The molecule has 6 nitrogen and oxygen atoms in total. The molecule has 1 saturated heterocycles. The molecule has 25 heavy (non-hydrogen) atoms. The van der Waals surface area contributed by atoms with Crippen LogP contribution in [-0.2, 0) is 13.0 Å². The Morgan fingerprint density at radius 2 is 1.96 bits per heavy atom. The number of rotatable bonds is 7. The average molecular weight is 346 g/mol. The molecule has 1 atom stereocenters. The van der Waals surface area contributed by atoms with Crippen LogP contribution in [-0.4, -0.2) is 37.9 Å². The highest BCUT2D eigenvalue weighted by Gasteiger charge is 2.30. The quantitative estimate of drug-likeness (QED) is 0.763. The normalized spacial score (nSPS) is 17.7. The molecule has 0 aliphatic carbocycles. The Kier molecular flexibility index (Phi) is 5.48. The van der Waals surface area contributed by atoms with Crippen LogP contribution in [0.4, 0.5) is 0 Å². The van der Waals surface area contributed by atoms with Gasteiger partial charge in [-0.25, -0.2) is 0 Å². The van der Waals surface area contributed by atoms with Crippen molar-refractivity contribution in [3.63, 3.8) is 0 Å². The summed E-state index contributed by atoms with van der Waals surface area (Å²) in [4.78, 5) is 2.41. The number of methoxy groups -OCH3 is 3. The van der Waals surface area contributed by atoms with Crippen LogP contribution >= 0.6 is 0 Å². The van der Waals surface area contributed by atoms with E-state index in [4.69, 9.17) is 18.7 Å². The maximum Gasteiger partial charge on any atom is 0.203 e. The lowest BCUT2D eigenvalue weighted by Gasteiger charge is -2.24. The number of aryl methyl sites for hydroxylation is 1. The third kappa shape index (κ3) is 3.44. The van der Waals surface area contributed by atoms with Crippen molar-refractivity contribution in [1.29, 1.82) is 0 Å². The highest BCUT2D eigenvalue weighted by atomic mass is 16.5. The van der Waals surface area contributed by atoms with Gasteiger partial charge in [-0.1, -0.05) is 18.1 Å². The van der Waals surface area contributed by atoms with Gasteiger partial charge in [0.2, 0.25) is 5.75 Å². The molecule has 136 valence electrons. The molecule has 0 N–H and O–H groups in total. The first kappa shape index (κ1) is 17.6. The summed E-state index contributed by atoms with van der Waals surface area (Å²) in [6, 6.07) is 6.29. The number of hydrogen-bond acceptors (Lipinski definition) is 6. The SMILES string of the molecule is CCc1cc([C@@H]2CCCN2Cc2ccc(OC)c(OC)c2OC)on1. The van der Waals surface area contributed by atoms with Crippen molar-refractivity contribution >= 4 is 0 Å². The molecule has 1 aliphatic heterocycles. The molecule has 0 saturated carbocycles. The van der Waals surface area contributed by atoms with Crippen LogP contribution in [0, 0.1) is 0 Å². The summed E-state index contributed by atoms with van der Waals surface area (Å²) in [5.74, 6) is 2.98. The number of nitrogens with zero attached hydrogens (tertiary/aromatic N) is 2. The van der Waals surface area contributed by atoms with Crippen molar-refractivity contribution in [1.82, 2.24) is 10.1 Å². The zero-order chi connectivity index (χ0) is 17.8. The van der Waals surface area contributed by atoms with Gasteiger partial charge in [0.1, 0.15) is 0 Å². The minimum atomic E-state index is 0.255. The van der Waals surface area contributed by atoms with E-state index in [1.165, 1.54) is 0 Å². The molecule has 0 spiro atoms. The number of ether oxygens (including phenoxy) is 3. The summed E-state index contributed by atoms with van der Waals surface area (Å²) in [5, 5.41) is 4.14. The Morgan fingerprint density at radius 1 is 1.16 bits per heavy atom. The van der Waals surface area contributed by atoms with E-state index in [2.05, 4.69) is 23.0 Å². The van der Waals surface area contributed by atoms with Crippen LogP contribution in [0.25, 0.3) is 0 Å². The number of benzene rings is 1. The first-order valence-corrected chi connectivity index (χ1v) is 8.69. The number of aromatic nitrogens is 1. The minimum absolute atomic E-state index is 0.255. The predicted molar refractivity (Wildman–Crippen MR) is 94.4 cm³/mol. The fraction of sp³-hybridized carbons (Fsp3) is 0.526. The predicted octanol–water partition coefficient (Wildman–Crippen LogP) is 3.60. The van der Waals surface area contributed by atoms with Crippen molar-refractivity contribution in [2.24, 2.45) is 0 Å². The summed E-state index contributed by atoms with van der Waals surface area (Å²) in [5.41, 5.74) is 2.08. The second kappa shape index (κ2) is 7.78. The van der Waals surface area contributed by atoms with E-state index in [0.29, 0.717) is 11.5 Å². The van der Waals surface area contributed by atoms with Gasteiger partial charge in [-0.2, -0.15) is 0 Å². The summed E-state index contributed by atoms with van der Waals surface area (Å²) in [6.07, 6.45) is 3.11. The van der Waals surface area contributed by atoms with Crippen LogP contribution in [0.2, 0.25) is 0 Å². The minimum Gasteiger partial charge on any atom is -0.493 e. The summed E-state index contributed by atoms with van der Waals surface area (Å²) < 4.78 is 22.1. The zero-order valence-corrected chi connectivity index (χ0v) is 15.4. The summed E-state index contributed by atoms with van der Waals surface area (Å²) in [7, 11) is 4.92. The van der Waals surface area contributed by atoms with Gasteiger partial charge >= 0.3 is 0 Å². The molecular weight excluding hydrogens is 320 g/mol. The molecule has 1 aromatic heterocycles. The molecule has 2 heterocycles. The first-order valence-electron chi connectivity index (χ1n) is 8.69. The largest absolute Gasteiger partial charge is 0.493 e. The van der Waals surface area contributed by atoms with Crippen LogP contribution in [0.15, 0.2) is 22.7 Å². The second-order valence-corrected chi connectivity index (χ2v) is 6.20. The average Bonchev–Trinajstić information content (AvgIpc) is 3.29. The second-order valence-electron chi connectivity index (χ2n) is 6.20. The molecule has 0 bridgehead atoms. The molecule has 0 unspecified atom stereocenters. The van der Waals surface area contributed by atoms with Crippen molar-refractivity contribution in [2.45, 2.75) is 38.8 Å². The van der Waals surface area contributed by atoms with E-state index in [-0.39, 0.29) is 6.04 Å². The number of likely N-dealkylation sites (tertiary alicyclic amines) is 1. The van der Waals surface area contributed by atoms with Crippen LogP contribution in [0.1, 0.15) is 42.8 Å². The lowest BCUT2D eigenvalue weighted by Crippen LogP contribution is -2.23. The summed E-state index contributed by atoms with van der Waals surface area (Å²) in [6.45, 7) is 3.86. The zero-order valence-electron chi connectivity index (χ0n) is 15.4. The molecule has 1 aliphatic rings. The fourth-order valence-corrected chi connectivity index (χ4v) is 3.50. The molecule has 1 fully saturated rings. The van der Waals surface area contributed by atoms with Gasteiger partial charge in [-0.05, 0) is 31.9 Å². The Balaban J connectivity index is 1.85. The van der Waals surface area contributed by atoms with Crippen molar-refractivity contribution in [3.8, 4) is 17.2 Å². The van der Waals surface area contributed by atoms with E-state index in [0.717, 1.165) is 55.1 Å². The van der Waals surface area contributed by atoms with Crippen LogP contribution < -0.4 is 14.2 Å². The standard InChI is InChI=1S/C19H26N2O4/c1-5-14-11-17(25-20-14)15-7-6-10-21(15)12-13-8-9-16(22-2)19(24-4)18(13)23-3/h8-9,11,15H,5-7,10,12H2,1-4H3/t15-/m0/s1. The fourth-order valence-electron chi connectivity index (χ4n) is 3.50. The lowest BCUT2D eigenvalue weighted by atomic mass is 10.1. The Bertz CT molecular complexity index is 713. The van der Waals surface area contributed by atoms with Crippen LogP contribution in [0.5, 0.6) is 17.2 Å². The van der Waals surface area contributed by atoms with Crippen molar-refractivity contribution < 1.29 is 18.7 Å². The van der Waals surface area contributed by atoms with E-state index in [1.54, 1.807) is 21.3 Å². The lowest BCUT2D eigenvalue weighted by molar-refractivity contribution is 0.203. The maximum absolute atomic E-state index is 5.62. The molecule has 2 aromatic rings. The monoisotopic (exact) mass is 346 g/mol. The molecule has 6 heteroatoms. The van der Waals surface area contributed by atoms with E-state index in [1.807, 2.05) is 12.1 Å². The van der Waals surface area contributed by atoms with Gasteiger partial charge in [0.05, 0.1) is 33.1 Å². The van der Waals surface area contributed by atoms with Crippen molar-refractivity contribution in [2.75, 3.05) is 27.9 Å². The Labute approximate surface area is 148 Å². The van der Waals surface area contributed by atoms with Gasteiger partial charge in [-0.15, -0.1) is 0 Å². The van der Waals surface area contributed by atoms with E-state index >= 15 is 0 Å². The topological polar surface area (TPSA) is 57.0 Å².